The number of rotatable bonds is 9. The molecule has 39 heavy (non-hydrogen) atoms. The molecule has 1 aliphatic heterocycles. The molecule has 0 unspecified atom stereocenters. The van der Waals surface area contributed by atoms with Crippen LogP contribution in [0.3, 0.4) is 0 Å². The average molecular weight is 570 g/mol. The second kappa shape index (κ2) is 12.1. The smallest absolute Gasteiger partial charge is 0.319 e. The summed E-state index contributed by atoms with van der Waals surface area (Å²) in [6, 6.07) is 14.0. The van der Waals surface area contributed by atoms with E-state index >= 15 is 0 Å². The van der Waals surface area contributed by atoms with Crippen molar-refractivity contribution in [2.45, 2.75) is 38.3 Å². The molecule has 0 aliphatic carbocycles. The van der Waals surface area contributed by atoms with Gasteiger partial charge in [-0.1, -0.05) is 44.2 Å². The normalized spacial score (nSPS) is 13.6. The fourth-order valence-corrected chi connectivity index (χ4v) is 7.21. The van der Waals surface area contributed by atoms with Gasteiger partial charge in [-0.3, -0.25) is 19.8 Å². The first-order valence-electron chi connectivity index (χ1n) is 12.6. The Balaban J connectivity index is 1.56. The second-order valence-electron chi connectivity index (χ2n) is 9.04. The molecule has 4 amide bonds. The summed E-state index contributed by atoms with van der Waals surface area (Å²) in [5.74, 6) is -1.17. The number of hydrogen-bond donors (Lipinski definition) is 3. The van der Waals surface area contributed by atoms with Crippen molar-refractivity contribution >= 4 is 44.2 Å². The molecule has 0 atom stereocenters. The first-order chi connectivity index (χ1) is 18.6. The topological polar surface area (TPSA) is 142 Å². The monoisotopic (exact) mass is 569 g/mol. The summed E-state index contributed by atoms with van der Waals surface area (Å²) in [5, 5.41) is 5.20. The Bertz CT molecular complexity index is 1470. The van der Waals surface area contributed by atoms with Crippen LogP contribution in [0.4, 0.5) is 9.80 Å². The van der Waals surface area contributed by atoms with Gasteiger partial charge < -0.3 is 11.1 Å². The Hall–Kier alpha value is -3.58. The van der Waals surface area contributed by atoms with Crippen LogP contribution in [-0.4, -0.2) is 55.1 Å². The van der Waals surface area contributed by atoms with Crippen LogP contribution >= 0.6 is 11.3 Å². The van der Waals surface area contributed by atoms with Crippen LogP contribution in [0.1, 0.15) is 50.6 Å². The number of benzene rings is 2. The summed E-state index contributed by atoms with van der Waals surface area (Å²) in [6.45, 7) is 6.57. The lowest BCUT2D eigenvalue weighted by atomic mass is 10.0. The number of thiophene rings is 1. The number of nitrogens with two attached hydrogens (primary N) is 1. The number of hydrogen-bond acceptors (Lipinski definition) is 7. The highest BCUT2D eigenvalue weighted by atomic mass is 32.2. The zero-order valence-electron chi connectivity index (χ0n) is 21.8. The molecule has 0 fully saturated rings. The van der Waals surface area contributed by atoms with E-state index in [0.29, 0.717) is 18.0 Å². The van der Waals surface area contributed by atoms with Crippen LogP contribution in [0.15, 0.2) is 59.5 Å². The molecule has 3 aromatic rings. The van der Waals surface area contributed by atoms with E-state index in [1.54, 1.807) is 6.92 Å². The molecule has 0 bridgehead atoms. The molecule has 4 rings (SSSR count). The Morgan fingerprint density at radius 2 is 1.72 bits per heavy atom. The van der Waals surface area contributed by atoms with Crippen LogP contribution < -0.4 is 16.4 Å². The van der Waals surface area contributed by atoms with Crippen LogP contribution in [0.5, 0.6) is 0 Å². The van der Waals surface area contributed by atoms with E-state index in [1.807, 2.05) is 37.3 Å². The Labute approximate surface area is 231 Å². The highest BCUT2D eigenvalue weighted by Gasteiger charge is 2.29. The summed E-state index contributed by atoms with van der Waals surface area (Å²) in [7, 11) is -3.79. The number of carbonyl (C=O) groups excluding carboxylic acids is 3. The number of urea groups is 1. The number of imide groups is 1. The average Bonchev–Trinajstić information content (AvgIpc) is 3.28. The Morgan fingerprint density at radius 1 is 1.03 bits per heavy atom. The lowest BCUT2D eigenvalue weighted by molar-refractivity contribution is 0.0965. The van der Waals surface area contributed by atoms with Crippen LogP contribution in [0, 0.1) is 0 Å². The van der Waals surface area contributed by atoms with Gasteiger partial charge in [0.15, 0.2) is 0 Å². The number of primary amides is 1. The van der Waals surface area contributed by atoms with Crippen molar-refractivity contribution in [3.63, 3.8) is 0 Å². The number of carbonyl (C=O) groups is 3. The van der Waals surface area contributed by atoms with Gasteiger partial charge in [0.25, 0.3) is 11.8 Å². The summed E-state index contributed by atoms with van der Waals surface area (Å²) in [4.78, 5) is 40.5. The molecule has 0 saturated heterocycles. The van der Waals surface area contributed by atoms with Gasteiger partial charge in [-0.25, -0.2) is 13.2 Å². The zero-order chi connectivity index (χ0) is 28.2. The maximum atomic E-state index is 13.3. The van der Waals surface area contributed by atoms with E-state index in [1.165, 1.54) is 39.9 Å². The first kappa shape index (κ1) is 28.4. The molecule has 10 nitrogen and oxygen atoms in total. The molecule has 0 saturated carbocycles. The Kier molecular flexibility index (Phi) is 8.80. The number of amides is 4. The summed E-state index contributed by atoms with van der Waals surface area (Å²) in [5.41, 5.74) is 7.29. The quantitative estimate of drug-likeness (QED) is 0.361. The molecule has 0 spiro atoms. The zero-order valence-corrected chi connectivity index (χ0v) is 23.4. The van der Waals surface area contributed by atoms with Crippen molar-refractivity contribution in [3.05, 3.63) is 81.7 Å². The van der Waals surface area contributed by atoms with Gasteiger partial charge in [0, 0.05) is 36.6 Å². The van der Waals surface area contributed by atoms with E-state index < -0.39 is 27.9 Å². The van der Waals surface area contributed by atoms with Crippen molar-refractivity contribution in [1.29, 1.82) is 0 Å². The summed E-state index contributed by atoms with van der Waals surface area (Å²) >= 11 is 1.29. The first-order valence-corrected chi connectivity index (χ1v) is 14.8. The van der Waals surface area contributed by atoms with E-state index in [2.05, 4.69) is 15.5 Å². The van der Waals surface area contributed by atoms with E-state index in [4.69, 9.17) is 5.73 Å². The molecule has 1 aromatic heterocycles. The molecule has 4 N–H and O–H groups in total. The third-order valence-corrected chi connectivity index (χ3v) is 9.65. The molecule has 2 aromatic carbocycles. The Morgan fingerprint density at radius 3 is 2.33 bits per heavy atom. The van der Waals surface area contributed by atoms with E-state index in [0.717, 1.165) is 29.1 Å². The fraction of sp³-hybridized carbons (Fsp3) is 0.296. The second-order valence-corrected chi connectivity index (χ2v) is 12.1. The summed E-state index contributed by atoms with van der Waals surface area (Å²) in [6.07, 6.45) is 0.598. The molecular formula is C27H31N5O5S2. The van der Waals surface area contributed by atoms with Crippen molar-refractivity contribution in [2.24, 2.45) is 5.73 Å². The third-order valence-electron chi connectivity index (χ3n) is 6.58. The van der Waals surface area contributed by atoms with Gasteiger partial charge >= 0.3 is 6.03 Å². The predicted octanol–water partition coefficient (Wildman–Crippen LogP) is 3.40. The number of likely N-dealkylation sites (N-methyl/N-ethyl adjacent to an activating group) is 1. The van der Waals surface area contributed by atoms with Gasteiger partial charge in [0.1, 0.15) is 5.00 Å². The predicted molar refractivity (Wildman–Crippen MR) is 150 cm³/mol. The van der Waals surface area contributed by atoms with Gasteiger partial charge in [-0.05, 0) is 48.4 Å². The third kappa shape index (κ3) is 6.36. The van der Waals surface area contributed by atoms with E-state index in [9.17, 15) is 22.8 Å². The lowest BCUT2D eigenvalue weighted by Gasteiger charge is -2.25. The molecule has 1 aliphatic rings. The van der Waals surface area contributed by atoms with Crippen molar-refractivity contribution in [1.82, 2.24) is 14.5 Å². The number of fused-ring (bicyclic) bond motifs is 1. The van der Waals surface area contributed by atoms with Gasteiger partial charge in [-0.2, -0.15) is 4.31 Å². The van der Waals surface area contributed by atoms with Crippen LogP contribution in [0.2, 0.25) is 0 Å². The number of nitrogens with zero attached hydrogens (tertiary/aromatic N) is 2. The molecule has 12 heteroatoms. The number of sulfonamides is 1. The number of anilines is 1. The molecule has 2 heterocycles. The summed E-state index contributed by atoms with van der Waals surface area (Å²) < 4.78 is 27.9. The van der Waals surface area contributed by atoms with Gasteiger partial charge in [0.05, 0.1) is 10.5 Å². The van der Waals surface area contributed by atoms with Crippen molar-refractivity contribution < 1.29 is 22.8 Å². The number of nitrogens with one attached hydrogen (secondary N) is 2. The highest BCUT2D eigenvalue weighted by Crippen LogP contribution is 2.37. The van der Waals surface area contributed by atoms with Crippen molar-refractivity contribution in [3.8, 4) is 0 Å². The maximum Gasteiger partial charge on any atom is 0.319 e. The standard InChI is InChI=1S/C27H31N5O5S2/c1-3-31-15-14-21-22(17-31)38-26(23(21)25(34)30-27(28)35)29-24(33)19-10-12-20(13-11-19)39(36,37)32(4-2)16-18-8-6-5-7-9-18/h5-13H,3-4,14-17H2,1-2H3,(H,29,33)(H3,28,30,34,35). The SMILES string of the molecule is CCN1CCc2c(sc(NC(=O)c3ccc(S(=O)(=O)N(CC)Cc4ccccc4)cc3)c2C(=O)NC(N)=O)C1. The van der Waals surface area contributed by atoms with Crippen molar-refractivity contribution in [2.75, 3.05) is 25.0 Å². The minimum atomic E-state index is -3.79. The fourth-order valence-electron chi connectivity index (χ4n) is 4.49. The lowest BCUT2D eigenvalue weighted by Crippen LogP contribution is -2.36. The minimum Gasteiger partial charge on any atom is -0.351 e. The van der Waals surface area contributed by atoms with Gasteiger partial charge in [0.2, 0.25) is 10.0 Å². The maximum absolute atomic E-state index is 13.3. The molecular weight excluding hydrogens is 538 g/mol. The largest absolute Gasteiger partial charge is 0.351 e. The highest BCUT2D eigenvalue weighted by molar-refractivity contribution is 7.89. The minimum absolute atomic E-state index is 0.0737. The van der Waals surface area contributed by atoms with Crippen LogP contribution in [-0.2, 0) is 29.5 Å². The van der Waals surface area contributed by atoms with Gasteiger partial charge in [-0.15, -0.1) is 11.3 Å². The van der Waals surface area contributed by atoms with E-state index in [-0.39, 0.29) is 29.1 Å². The molecule has 0 radical (unpaired) electrons. The van der Waals surface area contributed by atoms with Crippen LogP contribution in [0.25, 0.3) is 0 Å². The molecule has 206 valence electrons.